The highest BCUT2D eigenvalue weighted by Gasteiger charge is 2.51. The zero-order valence-corrected chi connectivity index (χ0v) is 18.6. The Kier molecular flexibility index (Phi) is 6.40. The number of benzene rings is 1. The number of hydrogen-bond donors (Lipinski definition) is 1. The predicted octanol–water partition coefficient (Wildman–Crippen LogP) is 3.37. The van der Waals surface area contributed by atoms with Crippen molar-refractivity contribution in [2.75, 3.05) is 7.05 Å². The van der Waals surface area contributed by atoms with Gasteiger partial charge in [0, 0.05) is 7.05 Å². The Balaban J connectivity index is 2.32. The minimum atomic E-state index is -1.01. The number of carboxylic acids is 1. The molecule has 1 fully saturated rings. The summed E-state index contributed by atoms with van der Waals surface area (Å²) in [6.45, 7) is 13.2. The van der Waals surface area contributed by atoms with E-state index < -0.39 is 42.0 Å². The Bertz CT molecular complexity index is 755. The molecule has 0 aliphatic carbocycles. The smallest absolute Gasteiger partial charge is 0.481 e. The maximum atomic E-state index is 12.5. The molecule has 1 aromatic rings. The lowest BCUT2D eigenvalue weighted by Gasteiger charge is -2.32. The maximum absolute atomic E-state index is 12.5. The van der Waals surface area contributed by atoms with Gasteiger partial charge >= 0.3 is 19.2 Å². The van der Waals surface area contributed by atoms with Gasteiger partial charge in [0.25, 0.3) is 0 Å². The van der Waals surface area contributed by atoms with Crippen molar-refractivity contribution >= 4 is 24.6 Å². The van der Waals surface area contributed by atoms with Crippen molar-refractivity contribution in [3.8, 4) is 0 Å². The molecular weight excluding hydrogens is 373 g/mol. The van der Waals surface area contributed by atoms with E-state index in [0.29, 0.717) is 5.56 Å². The van der Waals surface area contributed by atoms with Gasteiger partial charge < -0.3 is 24.1 Å². The summed E-state index contributed by atoms with van der Waals surface area (Å²) in [5.74, 6) is -1.01. The fourth-order valence-electron chi connectivity index (χ4n) is 3.00. The van der Waals surface area contributed by atoms with Gasteiger partial charge in [-0.3, -0.25) is 4.79 Å². The van der Waals surface area contributed by atoms with Crippen LogP contribution in [0.2, 0.25) is 0 Å². The predicted molar refractivity (Wildman–Crippen MR) is 111 cm³/mol. The molecule has 7 nitrogen and oxygen atoms in total. The number of nitrogens with zero attached hydrogens (tertiary/aromatic N) is 1. The van der Waals surface area contributed by atoms with Crippen LogP contribution in [0.1, 0.15) is 66.5 Å². The van der Waals surface area contributed by atoms with Crippen LogP contribution in [0.3, 0.4) is 0 Å². The standard InChI is InChI=1S/C21H32BNO6/c1-19(2,3)27-18(26)23(8)16(13-17(24)25)14-10-9-11-15(12-14)22-28-20(4,5)21(6,7)29-22/h9-12,16H,13H2,1-8H3,(H,24,25)/t16-/m0/s1. The van der Waals surface area contributed by atoms with Crippen molar-refractivity contribution in [1.29, 1.82) is 0 Å². The summed E-state index contributed by atoms with van der Waals surface area (Å²) in [5.41, 5.74) is -0.200. The molecule has 1 saturated heterocycles. The number of rotatable bonds is 5. The number of ether oxygens (including phenoxy) is 1. The van der Waals surface area contributed by atoms with Gasteiger partial charge in [0.05, 0.1) is 23.7 Å². The van der Waals surface area contributed by atoms with Crippen LogP contribution in [0, 0.1) is 0 Å². The number of carbonyl (C=O) groups excluding carboxylic acids is 1. The van der Waals surface area contributed by atoms with Crippen LogP contribution >= 0.6 is 0 Å². The third-order valence-corrected chi connectivity index (χ3v) is 5.34. The zero-order valence-electron chi connectivity index (χ0n) is 18.6. The SMILES string of the molecule is CN(C(=O)OC(C)(C)C)[C@@H](CC(=O)O)c1cccc(B2OC(C)(C)C(C)(C)O2)c1. The molecule has 0 spiro atoms. The van der Waals surface area contributed by atoms with Crippen molar-refractivity contribution in [3.05, 3.63) is 29.8 Å². The average Bonchev–Trinajstić information content (AvgIpc) is 2.78. The number of hydrogen-bond acceptors (Lipinski definition) is 5. The molecule has 1 aliphatic heterocycles. The fraction of sp³-hybridized carbons (Fsp3) is 0.619. The van der Waals surface area contributed by atoms with Crippen molar-refractivity contribution in [2.45, 2.75) is 77.7 Å². The van der Waals surface area contributed by atoms with Crippen LogP contribution in [0.4, 0.5) is 4.79 Å². The molecule has 0 saturated carbocycles. The molecule has 29 heavy (non-hydrogen) atoms. The van der Waals surface area contributed by atoms with Gasteiger partial charge in [0.1, 0.15) is 5.60 Å². The van der Waals surface area contributed by atoms with Crippen molar-refractivity contribution in [3.63, 3.8) is 0 Å². The summed E-state index contributed by atoms with van der Waals surface area (Å²) < 4.78 is 17.6. The van der Waals surface area contributed by atoms with Crippen LogP contribution < -0.4 is 5.46 Å². The quantitative estimate of drug-likeness (QED) is 0.757. The minimum Gasteiger partial charge on any atom is -0.481 e. The molecule has 1 aliphatic rings. The Morgan fingerprint density at radius 3 is 2.21 bits per heavy atom. The van der Waals surface area contributed by atoms with E-state index in [4.69, 9.17) is 14.0 Å². The van der Waals surface area contributed by atoms with E-state index in [1.165, 1.54) is 4.90 Å². The van der Waals surface area contributed by atoms with Crippen molar-refractivity contribution < 1.29 is 28.7 Å². The van der Waals surface area contributed by atoms with Crippen molar-refractivity contribution in [2.24, 2.45) is 0 Å². The molecule has 2 rings (SSSR count). The molecule has 8 heteroatoms. The molecule has 1 atom stereocenters. The van der Waals surface area contributed by atoms with E-state index >= 15 is 0 Å². The summed E-state index contributed by atoms with van der Waals surface area (Å²) in [4.78, 5) is 25.3. The zero-order chi connectivity index (χ0) is 22.2. The highest BCUT2D eigenvalue weighted by atomic mass is 16.7. The Morgan fingerprint density at radius 1 is 1.17 bits per heavy atom. The van der Waals surface area contributed by atoms with Crippen LogP contribution in [0.5, 0.6) is 0 Å². The lowest BCUT2D eigenvalue weighted by molar-refractivity contribution is -0.138. The number of carbonyl (C=O) groups is 2. The third-order valence-electron chi connectivity index (χ3n) is 5.34. The highest BCUT2D eigenvalue weighted by Crippen LogP contribution is 2.36. The van der Waals surface area contributed by atoms with E-state index in [9.17, 15) is 14.7 Å². The first-order valence-corrected chi connectivity index (χ1v) is 9.76. The Labute approximate surface area is 173 Å². The van der Waals surface area contributed by atoms with Gasteiger partial charge in [0.15, 0.2) is 0 Å². The van der Waals surface area contributed by atoms with E-state index in [1.54, 1.807) is 33.9 Å². The summed E-state index contributed by atoms with van der Waals surface area (Å²) >= 11 is 0. The van der Waals surface area contributed by atoms with Crippen LogP contribution in [-0.4, -0.2) is 53.0 Å². The summed E-state index contributed by atoms with van der Waals surface area (Å²) in [6, 6.07) is 6.62. The minimum absolute atomic E-state index is 0.247. The first kappa shape index (κ1) is 23.2. The lowest BCUT2D eigenvalue weighted by Crippen LogP contribution is -2.41. The van der Waals surface area contributed by atoms with Gasteiger partial charge in [-0.1, -0.05) is 24.3 Å². The number of aliphatic carboxylic acids is 1. The number of carboxylic acid groups (broad SMARTS) is 1. The van der Waals surface area contributed by atoms with Crippen LogP contribution in [0.25, 0.3) is 0 Å². The normalized spacial score (nSPS) is 19.0. The second-order valence-corrected chi connectivity index (χ2v) is 9.46. The lowest BCUT2D eigenvalue weighted by atomic mass is 9.77. The first-order chi connectivity index (χ1) is 13.1. The summed E-state index contributed by atoms with van der Waals surface area (Å²) in [6.07, 6.45) is -0.826. The molecule has 0 aromatic heterocycles. The second-order valence-electron chi connectivity index (χ2n) is 9.46. The van der Waals surface area contributed by atoms with Gasteiger partial charge in [-0.15, -0.1) is 0 Å². The average molecular weight is 405 g/mol. The van der Waals surface area contributed by atoms with Gasteiger partial charge in [-0.2, -0.15) is 0 Å². The molecule has 1 heterocycles. The Hall–Kier alpha value is -2.06. The van der Waals surface area contributed by atoms with Crippen LogP contribution in [0.15, 0.2) is 24.3 Å². The molecule has 1 N–H and O–H groups in total. The molecular formula is C21H32BNO6. The largest absolute Gasteiger partial charge is 0.494 e. The van der Waals surface area contributed by atoms with Crippen molar-refractivity contribution in [1.82, 2.24) is 4.90 Å². The summed E-state index contributed by atoms with van der Waals surface area (Å²) in [5, 5.41) is 9.40. The molecule has 1 amide bonds. The first-order valence-electron chi connectivity index (χ1n) is 9.76. The topological polar surface area (TPSA) is 85.3 Å². The van der Waals surface area contributed by atoms with E-state index in [0.717, 1.165) is 5.46 Å². The molecule has 0 unspecified atom stereocenters. The molecule has 1 aromatic carbocycles. The Morgan fingerprint density at radius 2 is 1.72 bits per heavy atom. The number of amides is 1. The monoisotopic (exact) mass is 405 g/mol. The molecule has 0 bridgehead atoms. The molecule has 0 radical (unpaired) electrons. The summed E-state index contributed by atoms with van der Waals surface area (Å²) in [7, 11) is 0.973. The van der Waals surface area contributed by atoms with Gasteiger partial charge in [-0.05, 0) is 59.5 Å². The van der Waals surface area contributed by atoms with Gasteiger partial charge in [0.2, 0.25) is 0 Å². The van der Waals surface area contributed by atoms with E-state index in [1.807, 2.05) is 45.9 Å². The van der Waals surface area contributed by atoms with E-state index in [-0.39, 0.29) is 6.42 Å². The highest BCUT2D eigenvalue weighted by molar-refractivity contribution is 6.62. The van der Waals surface area contributed by atoms with E-state index in [2.05, 4.69) is 0 Å². The van der Waals surface area contributed by atoms with Gasteiger partial charge in [-0.25, -0.2) is 4.79 Å². The fourth-order valence-corrected chi connectivity index (χ4v) is 3.00. The molecule has 160 valence electrons. The second kappa shape index (κ2) is 7.99. The van der Waals surface area contributed by atoms with Crippen LogP contribution in [-0.2, 0) is 18.8 Å². The third kappa shape index (κ3) is 5.51. The maximum Gasteiger partial charge on any atom is 0.494 e.